The van der Waals surface area contributed by atoms with E-state index in [9.17, 15) is 5.11 Å². The molecule has 2 aromatic heterocycles. The molecule has 10 nitrogen and oxygen atoms in total. The number of hydrogen-bond donors (Lipinski definition) is 2. The fourth-order valence-corrected chi connectivity index (χ4v) is 5.01. The summed E-state index contributed by atoms with van der Waals surface area (Å²) in [6, 6.07) is 0. The minimum absolute atomic E-state index is 0.0309. The van der Waals surface area contributed by atoms with E-state index in [1.807, 2.05) is 40.8 Å². The number of aliphatic hydroxyl groups excluding tert-OH is 1. The number of aliphatic hydroxyl groups is 1. The van der Waals surface area contributed by atoms with Crippen LogP contribution in [0.15, 0.2) is 6.20 Å². The highest BCUT2D eigenvalue weighted by Crippen LogP contribution is 2.44. The van der Waals surface area contributed by atoms with E-state index < -0.39 is 48.3 Å². The lowest BCUT2D eigenvalue weighted by Crippen LogP contribution is -2.55. The Morgan fingerprint density at radius 3 is 2.52 bits per heavy atom. The molecular weight excluding hydrogens is 428 g/mol. The Kier molecular flexibility index (Phi) is 4.80. The lowest BCUT2D eigenvalue weighted by atomic mass is 9.99. The van der Waals surface area contributed by atoms with Crippen LogP contribution >= 0.6 is 11.6 Å². The number of ether oxygens (including phenoxy) is 5. The zero-order chi connectivity index (χ0) is 22.3. The van der Waals surface area contributed by atoms with Crippen LogP contribution in [0.3, 0.4) is 0 Å². The maximum absolute atomic E-state index is 11.4. The van der Waals surface area contributed by atoms with Gasteiger partial charge in [-0.3, -0.25) is 0 Å². The summed E-state index contributed by atoms with van der Waals surface area (Å²) >= 11 is 6.32. The summed E-state index contributed by atoms with van der Waals surface area (Å²) in [5.41, 5.74) is 7.14. The van der Waals surface area contributed by atoms with E-state index >= 15 is 0 Å². The lowest BCUT2D eigenvalue weighted by molar-refractivity contribution is -0.332. The smallest absolute Gasteiger partial charge is 0.223 e. The Morgan fingerprint density at radius 2 is 1.77 bits per heavy atom. The first-order chi connectivity index (χ1) is 14.5. The molecule has 3 N–H and O–H groups in total. The average Bonchev–Trinajstić information content (AvgIpc) is 3.13. The van der Waals surface area contributed by atoms with Crippen molar-refractivity contribution in [2.24, 2.45) is 0 Å². The number of nitrogens with zero attached hydrogens (tertiary/aromatic N) is 3. The molecule has 11 heteroatoms. The summed E-state index contributed by atoms with van der Waals surface area (Å²) in [5, 5.41) is 12.3. The second kappa shape index (κ2) is 6.98. The molecule has 3 aliphatic rings. The molecule has 2 aromatic rings. The number of aromatic nitrogens is 3. The van der Waals surface area contributed by atoms with Crippen molar-refractivity contribution in [2.45, 2.75) is 82.9 Å². The van der Waals surface area contributed by atoms with E-state index in [0.29, 0.717) is 11.0 Å². The van der Waals surface area contributed by atoms with Crippen molar-refractivity contribution in [3.63, 3.8) is 0 Å². The number of fused-ring (bicyclic) bond motifs is 4. The van der Waals surface area contributed by atoms with Crippen molar-refractivity contribution in [3.8, 4) is 0 Å². The summed E-state index contributed by atoms with van der Waals surface area (Å²) in [7, 11) is 0. The Balaban J connectivity index is 1.62. The minimum atomic E-state index is -1.09. The molecular formula is C20H27ClN4O6. The molecule has 0 bridgehead atoms. The summed E-state index contributed by atoms with van der Waals surface area (Å²) < 4.78 is 32.4. The number of nitrogen functional groups attached to an aromatic ring is 1. The third-order valence-electron chi connectivity index (χ3n) is 5.92. The Hall–Kier alpha value is -1.53. The van der Waals surface area contributed by atoms with Crippen molar-refractivity contribution in [1.29, 1.82) is 0 Å². The molecule has 5 heterocycles. The van der Waals surface area contributed by atoms with Gasteiger partial charge < -0.3 is 39.1 Å². The van der Waals surface area contributed by atoms with Crippen LogP contribution in [0, 0.1) is 6.92 Å². The van der Waals surface area contributed by atoms with Gasteiger partial charge in [0.25, 0.3) is 0 Å². The number of aryl methyl sites for hydroxylation is 1. The van der Waals surface area contributed by atoms with Crippen molar-refractivity contribution < 1.29 is 28.8 Å². The van der Waals surface area contributed by atoms with Crippen LogP contribution in [-0.2, 0) is 23.7 Å². The van der Waals surface area contributed by atoms with Crippen LogP contribution in [0.4, 0.5) is 5.95 Å². The molecule has 0 aliphatic carbocycles. The standard InChI is InChI=1S/C20H27ClN4O6/c1-8-6-25(16-10(8)15(21)23-18(22)24-16)17-11(26)13-14(31-20(4,5)30-13)12-9(28-17)7-27-19(2,3)29-12/h6,9,11-14,17,26H,7H2,1-5H3,(H2,22,23,24)/t9?,11?,12-,13?,14-,17+/m0/s1. The molecule has 3 fully saturated rings. The van der Waals surface area contributed by atoms with Gasteiger partial charge in [-0.15, -0.1) is 0 Å². The highest BCUT2D eigenvalue weighted by molar-refractivity contribution is 6.34. The third kappa shape index (κ3) is 3.50. The van der Waals surface area contributed by atoms with Gasteiger partial charge >= 0.3 is 0 Å². The molecule has 3 unspecified atom stereocenters. The molecule has 0 aromatic carbocycles. The second-order valence-electron chi connectivity index (χ2n) is 9.20. The monoisotopic (exact) mass is 454 g/mol. The molecule has 31 heavy (non-hydrogen) atoms. The van der Waals surface area contributed by atoms with Crippen molar-refractivity contribution in [3.05, 3.63) is 16.9 Å². The van der Waals surface area contributed by atoms with Gasteiger partial charge in [-0.2, -0.15) is 4.98 Å². The Labute approximate surface area is 184 Å². The first-order valence-corrected chi connectivity index (χ1v) is 10.6. The second-order valence-corrected chi connectivity index (χ2v) is 9.56. The highest BCUT2D eigenvalue weighted by Gasteiger charge is 2.58. The van der Waals surface area contributed by atoms with E-state index in [2.05, 4.69) is 9.97 Å². The van der Waals surface area contributed by atoms with Crippen LogP contribution in [0.5, 0.6) is 0 Å². The normalized spacial score (nSPS) is 36.7. The van der Waals surface area contributed by atoms with Crippen LogP contribution in [0.1, 0.15) is 39.5 Å². The summed E-state index contributed by atoms with van der Waals surface area (Å²) in [4.78, 5) is 8.40. The SMILES string of the molecule is Cc1cn([C@@H]2OC3COC(C)(C)O[C@@H]3[C@@H]3OC(C)(C)OC3C2O)c2nc(N)nc(Cl)c12. The fourth-order valence-electron chi connectivity index (χ4n) is 4.69. The molecule has 0 amide bonds. The van der Waals surface area contributed by atoms with Crippen molar-refractivity contribution in [1.82, 2.24) is 14.5 Å². The predicted molar refractivity (Wildman–Crippen MR) is 110 cm³/mol. The van der Waals surface area contributed by atoms with Gasteiger partial charge in [-0.05, 0) is 40.2 Å². The topological polar surface area (TPSA) is 123 Å². The van der Waals surface area contributed by atoms with Crippen LogP contribution in [0.25, 0.3) is 11.0 Å². The predicted octanol–water partition coefficient (Wildman–Crippen LogP) is 1.91. The van der Waals surface area contributed by atoms with E-state index in [1.165, 1.54) is 0 Å². The Morgan fingerprint density at radius 1 is 1.10 bits per heavy atom. The molecule has 3 aliphatic heterocycles. The van der Waals surface area contributed by atoms with E-state index in [0.717, 1.165) is 5.56 Å². The third-order valence-corrected chi connectivity index (χ3v) is 6.19. The van der Waals surface area contributed by atoms with E-state index in [-0.39, 0.29) is 17.7 Å². The number of anilines is 1. The zero-order valence-corrected chi connectivity index (χ0v) is 18.8. The van der Waals surface area contributed by atoms with Crippen LogP contribution in [0.2, 0.25) is 5.15 Å². The zero-order valence-electron chi connectivity index (χ0n) is 18.0. The first-order valence-electron chi connectivity index (χ1n) is 10.3. The molecule has 0 spiro atoms. The van der Waals surface area contributed by atoms with Gasteiger partial charge in [0.15, 0.2) is 17.8 Å². The number of halogens is 1. The molecule has 0 radical (unpaired) electrons. The summed E-state index contributed by atoms with van der Waals surface area (Å²) in [5.74, 6) is -1.68. The van der Waals surface area contributed by atoms with Crippen molar-refractivity contribution >= 4 is 28.6 Å². The van der Waals surface area contributed by atoms with Gasteiger partial charge in [0.05, 0.1) is 12.0 Å². The van der Waals surface area contributed by atoms with Crippen molar-refractivity contribution in [2.75, 3.05) is 12.3 Å². The van der Waals surface area contributed by atoms with Gasteiger partial charge in [0.1, 0.15) is 41.3 Å². The molecule has 170 valence electrons. The van der Waals surface area contributed by atoms with Gasteiger partial charge in [-0.1, -0.05) is 11.6 Å². The fraction of sp³-hybridized carbons (Fsp3) is 0.700. The van der Waals surface area contributed by atoms with E-state index in [4.69, 9.17) is 41.0 Å². The van der Waals surface area contributed by atoms with E-state index in [1.54, 1.807) is 4.57 Å². The maximum atomic E-state index is 11.4. The summed E-state index contributed by atoms with van der Waals surface area (Å²) in [6.07, 6.45) is -2.40. The van der Waals surface area contributed by atoms with Crippen LogP contribution in [-0.4, -0.2) is 68.3 Å². The molecule has 0 saturated carbocycles. The number of rotatable bonds is 1. The largest absolute Gasteiger partial charge is 0.386 e. The molecule has 3 saturated heterocycles. The van der Waals surface area contributed by atoms with Gasteiger partial charge in [0, 0.05) is 6.20 Å². The number of nitrogens with two attached hydrogens (primary N) is 1. The minimum Gasteiger partial charge on any atom is -0.386 e. The first kappa shape index (κ1) is 21.3. The van der Waals surface area contributed by atoms with Crippen LogP contribution < -0.4 is 5.73 Å². The molecule has 6 atom stereocenters. The quantitative estimate of drug-likeness (QED) is 0.621. The van der Waals surface area contributed by atoms with Gasteiger partial charge in [0.2, 0.25) is 5.95 Å². The van der Waals surface area contributed by atoms with Gasteiger partial charge in [-0.25, -0.2) is 4.98 Å². The maximum Gasteiger partial charge on any atom is 0.223 e. The lowest BCUT2D eigenvalue weighted by Gasteiger charge is -2.42. The highest BCUT2D eigenvalue weighted by atomic mass is 35.5. The molecule has 5 rings (SSSR count). The Bertz CT molecular complexity index is 1030. The average molecular weight is 455 g/mol. The summed E-state index contributed by atoms with van der Waals surface area (Å²) in [6.45, 7) is 9.45. The number of hydrogen-bond acceptors (Lipinski definition) is 9.